The molecule has 5 nitrogen and oxygen atoms in total. The largest absolute Gasteiger partial charge is 0.385 e. The normalized spacial score (nSPS) is 18.9. The van der Waals surface area contributed by atoms with Gasteiger partial charge in [-0.05, 0) is 12.1 Å². The minimum absolute atomic E-state index is 0.0201. The van der Waals surface area contributed by atoms with Gasteiger partial charge in [-0.25, -0.2) is 0 Å². The Labute approximate surface area is 122 Å². The van der Waals surface area contributed by atoms with Gasteiger partial charge in [-0.15, -0.1) is 0 Å². The molecule has 2 aromatic rings. The Hall–Kier alpha value is -1.53. The molecule has 1 aliphatic heterocycles. The van der Waals surface area contributed by atoms with Gasteiger partial charge in [-0.1, -0.05) is 23.4 Å². The second kappa shape index (κ2) is 6.76. The summed E-state index contributed by atoms with van der Waals surface area (Å²) in [4.78, 5) is 4.41. The third kappa shape index (κ3) is 3.52. The number of ether oxygens (including phenoxy) is 1. The summed E-state index contributed by atoms with van der Waals surface area (Å²) in [7, 11) is 0. The molecule has 1 saturated heterocycles. The van der Waals surface area contributed by atoms with Crippen LogP contribution >= 0.6 is 11.8 Å². The van der Waals surface area contributed by atoms with Crippen LogP contribution in [0, 0.1) is 0 Å². The third-order valence-electron chi connectivity index (χ3n) is 3.03. The number of hydrogen-bond acceptors (Lipinski definition) is 6. The van der Waals surface area contributed by atoms with E-state index in [2.05, 4.69) is 15.5 Å². The highest BCUT2D eigenvalue weighted by Crippen LogP contribution is 2.24. The molecule has 2 heterocycles. The molecule has 3 rings (SSSR count). The van der Waals surface area contributed by atoms with Crippen LogP contribution in [0.1, 0.15) is 17.8 Å². The van der Waals surface area contributed by atoms with Crippen molar-refractivity contribution in [1.82, 2.24) is 10.1 Å². The number of para-hydroxylation sites is 1. The fourth-order valence-electron chi connectivity index (χ4n) is 2.01. The van der Waals surface area contributed by atoms with Gasteiger partial charge in [0.1, 0.15) is 6.10 Å². The molecule has 0 bridgehead atoms. The minimum atomic E-state index is -0.0201. The van der Waals surface area contributed by atoms with E-state index in [4.69, 9.17) is 9.26 Å². The van der Waals surface area contributed by atoms with Crippen LogP contribution in [0.3, 0.4) is 0 Å². The first-order valence-corrected chi connectivity index (χ1v) is 7.88. The van der Waals surface area contributed by atoms with E-state index >= 15 is 0 Å². The maximum absolute atomic E-state index is 5.63. The molecule has 1 aliphatic rings. The van der Waals surface area contributed by atoms with Crippen molar-refractivity contribution in [3.8, 4) is 0 Å². The number of anilines is 1. The molecule has 6 heteroatoms. The number of rotatable bonds is 5. The number of nitrogens with zero attached hydrogens (tertiary/aromatic N) is 2. The van der Waals surface area contributed by atoms with Crippen LogP contribution in [-0.4, -0.2) is 34.8 Å². The lowest BCUT2D eigenvalue weighted by Gasteiger charge is -2.18. The van der Waals surface area contributed by atoms with Gasteiger partial charge in [0.2, 0.25) is 11.7 Å². The molecular formula is C14H17N3O2S. The van der Waals surface area contributed by atoms with Crippen molar-refractivity contribution in [2.75, 3.05) is 30.0 Å². The zero-order valence-corrected chi connectivity index (χ0v) is 11.9. The summed E-state index contributed by atoms with van der Waals surface area (Å²) < 4.78 is 10.9. The van der Waals surface area contributed by atoms with Crippen molar-refractivity contribution >= 4 is 17.4 Å². The van der Waals surface area contributed by atoms with Gasteiger partial charge in [0.15, 0.2) is 0 Å². The Bertz CT molecular complexity index is 526. The number of thioether (sulfide) groups is 1. The van der Waals surface area contributed by atoms with Gasteiger partial charge in [-0.2, -0.15) is 16.7 Å². The molecule has 0 aliphatic carbocycles. The van der Waals surface area contributed by atoms with Crippen molar-refractivity contribution in [2.24, 2.45) is 0 Å². The van der Waals surface area contributed by atoms with Gasteiger partial charge in [-0.3, -0.25) is 0 Å². The zero-order valence-electron chi connectivity index (χ0n) is 11.1. The Balaban J connectivity index is 1.50. The number of hydrogen-bond donors (Lipinski definition) is 1. The molecule has 0 saturated carbocycles. The average molecular weight is 291 g/mol. The first-order valence-electron chi connectivity index (χ1n) is 6.72. The molecule has 106 valence electrons. The average Bonchev–Trinajstić information content (AvgIpc) is 2.98. The predicted molar refractivity (Wildman–Crippen MR) is 79.0 cm³/mol. The van der Waals surface area contributed by atoms with Crippen molar-refractivity contribution in [1.29, 1.82) is 0 Å². The third-order valence-corrected chi connectivity index (χ3v) is 4.02. The maximum atomic E-state index is 5.63. The lowest BCUT2D eigenvalue weighted by molar-refractivity contribution is 0.0677. The maximum Gasteiger partial charge on any atom is 0.228 e. The van der Waals surface area contributed by atoms with E-state index in [1.54, 1.807) is 0 Å². The smallest absolute Gasteiger partial charge is 0.228 e. The van der Waals surface area contributed by atoms with Gasteiger partial charge in [0.25, 0.3) is 0 Å². The Morgan fingerprint density at radius 3 is 3.00 bits per heavy atom. The summed E-state index contributed by atoms with van der Waals surface area (Å²) in [5, 5.41) is 7.33. The topological polar surface area (TPSA) is 60.2 Å². The van der Waals surface area contributed by atoms with Crippen LogP contribution in [0.5, 0.6) is 0 Å². The van der Waals surface area contributed by atoms with E-state index < -0.39 is 0 Å². The predicted octanol–water partition coefficient (Wildman–Crippen LogP) is 2.53. The highest BCUT2D eigenvalue weighted by atomic mass is 32.2. The van der Waals surface area contributed by atoms with Gasteiger partial charge < -0.3 is 14.6 Å². The molecule has 1 unspecified atom stereocenters. The van der Waals surface area contributed by atoms with Crippen molar-refractivity contribution in [2.45, 2.75) is 12.5 Å². The van der Waals surface area contributed by atoms with Crippen LogP contribution in [0.2, 0.25) is 0 Å². The van der Waals surface area contributed by atoms with Crippen LogP contribution in [0.15, 0.2) is 34.9 Å². The Morgan fingerprint density at radius 1 is 1.30 bits per heavy atom. The summed E-state index contributed by atoms with van der Waals surface area (Å²) in [6, 6.07) is 10.1. The van der Waals surface area contributed by atoms with E-state index in [9.17, 15) is 0 Å². The fourth-order valence-corrected chi connectivity index (χ4v) is 2.85. The summed E-state index contributed by atoms with van der Waals surface area (Å²) in [5.74, 6) is 3.28. The first-order chi connectivity index (χ1) is 9.92. The zero-order chi connectivity index (χ0) is 13.6. The van der Waals surface area contributed by atoms with E-state index in [1.807, 2.05) is 42.1 Å². The molecule has 0 spiro atoms. The highest BCUT2D eigenvalue weighted by Gasteiger charge is 2.21. The fraction of sp³-hybridized carbons (Fsp3) is 0.429. The molecule has 1 aromatic heterocycles. The van der Waals surface area contributed by atoms with Crippen molar-refractivity contribution in [3.63, 3.8) is 0 Å². The molecule has 1 fully saturated rings. The van der Waals surface area contributed by atoms with E-state index in [1.165, 1.54) is 0 Å². The number of benzene rings is 1. The lowest BCUT2D eigenvalue weighted by atomic mass is 10.3. The molecular weight excluding hydrogens is 274 g/mol. The van der Waals surface area contributed by atoms with E-state index in [0.717, 1.165) is 30.3 Å². The highest BCUT2D eigenvalue weighted by molar-refractivity contribution is 7.99. The van der Waals surface area contributed by atoms with Crippen LogP contribution in [0.25, 0.3) is 0 Å². The van der Waals surface area contributed by atoms with Gasteiger partial charge >= 0.3 is 0 Å². The van der Waals surface area contributed by atoms with Crippen molar-refractivity contribution in [3.05, 3.63) is 42.0 Å². The number of nitrogens with one attached hydrogen (secondary N) is 1. The molecule has 0 radical (unpaired) electrons. The second-order valence-corrected chi connectivity index (χ2v) is 5.67. The lowest BCUT2D eigenvalue weighted by Crippen LogP contribution is -2.16. The van der Waals surface area contributed by atoms with Crippen molar-refractivity contribution < 1.29 is 9.26 Å². The standard InChI is InChI=1S/C14H17N3O2S/c1-2-4-11(5-3-1)15-7-6-13-16-14(17-19-13)12-10-20-9-8-18-12/h1-5,12,15H,6-10H2. The van der Waals surface area contributed by atoms with Gasteiger partial charge in [0.05, 0.1) is 6.61 Å². The number of aromatic nitrogens is 2. The first kappa shape index (κ1) is 13.5. The molecule has 1 atom stereocenters. The second-order valence-electron chi connectivity index (χ2n) is 4.52. The Kier molecular flexibility index (Phi) is 4.55. The van der Waals surface area contributed by atoms with Crippen LogP contribution in [0.4, 0.5) is 5.69 Å². The summed E-state index contributed by atoms with van der Waals surface area (Å²) in [6.45, 7) is 1.53. The van der Waals surface area contributed by atoms with Crippen LogP contribution < -0.4 is 5.32 Å². The quantitative estimate of drug-likeness (QED) is 0.913. The molecule has 0 amide bonds. The Morgan fingerprint density at radius 2 is 2.20 bits per heavy atom. The van der Waals surface area contributed by atoms with E-state index in [-0.39, 0.29) is 6.10 Å². The SMILES string of the molecule is c1ccc(NCCc2nc(C3CSCCO3)no2)cc1. The summed E-state index contributed by atoms with van der Waals surface area (Å²) in [6.07, 6.45) is 0.690. The molecule has 1 aromatic carbocycles. The van der Waals surface area contributed by atoms with Crippen LogP contribution in [-0.2, 0) is 11.2 Å². The minimum Gasteiger partial charge on any atom is -0.385 e. The molecule has 20 heavy (non-hydrogen) atoms. The monoisotopic (exact) mass is 291 g/mol. The summed E-state index contributed by atoms with van der Waals surface area (Å²) in [5.41, 5.74) is 1.10. The van der Waals surface area contributed by atoms with Gasteiger partial charge in [0, 0.05) is 30.2 Å². The van der Waals surface area contributed by atoms with E-state index in [0.29, 0.717) is 18.1 Å². The summed E-state index contributed by atoms with van der Waals surface area (Å²) >= 11 is 1.86. The molecule has 1 N–H and O–H groups in total.